The second-order valence-corrected chi connectivity index (χ2v) is 8.61. The molecule has 2 amide bonds. The van der Waals surface area contributed by atoms with Crippen LogP contribution in [-0.2, 0) is 14.3 Å². The SMILES string of the molecule is CCC(NC(=O)C(O)C(C)C)C(=O)Nc1cc(C(C)CCCC(C)(C)OC)n[nH]1. The number of anilines is 1. The number of hydrogen-bond donors (Lipinski definition) is 4. The first-order valence-corrected chi connectivity index (χ1v) is 10.4. The number of rotatable bonds is 12. The molecule has 0 bridgehead atoms. The van der Waals surface area contributed by atoms with Crippen LogP contribution in [0, 0.1) is 5.92 Å². The average Bonchev–Trinajstić information content (AvgIpc) is 3.13. The molecule has 0 fully saturated rings. The zero-order valence-electron chi connectivity index (χ0n) is 18.8. The third kappa shape index (κ3) is 8.14. The number of aliphatic hydroxyl groups excluding tert-OH is 1. The Morgan fingerprint density at radius 2 is 1.93 bits per heavy atom. The minimum atomic E-state index is -1.14. The molecule has 1 rings (SSSR count). The van der Waals surface area contributed by atoms with Gasteiger partial charge in [-0.1, -0.05) is 27.7 Å². The molecule has 0 aromatic carbocycles. The summed E-state index contributed by atoms with van der Waals surface area (Å²) in [4.78, 5) is 24.5. The van der Waals surface area contributed by atoms with E-state index in [0.717, 1.165) is 25.0 Å². The van der Waals surface area contributed by atoms with Crippen molar-refractivity contribution in [3.8, 4) is 0 Å². The minimum Gasteiger partial charge on any atom is -0.383 e. The Bertz CT molecular complexity index is 657. The monoisotopic (exact) mass is 410 g/mol. The van der Waals surface area contributed by atoms with Gasteiger partial charge in [-0.15, -0.1) is 0 Å². The number of hydrogen-bond acceptors (Lipinski definition) is 5. The van der Waals surface area contributed by atoms with E-state index in [4.69, 9.17) is 4.74 Å². The van der Waals surface area contributed by atoms with E-state index >= 15 is 0 Å². The van der Waals surface area contributed by atoms with Gasteiger partial charge in [0.2, 0.25) is 11.8 Å². The summed E-state index contributed by atoms with van der Waals surface area (Å²) in [5.41, 5.74) is 0.746. The molecule has 4 N–H and O–H groups in total. The summed E-state index contributed by atoms with van der Waals surface area (Å²) < 4.78 is 5.45. The Balaban J connectivity index is 2.60. The Labute approximate surface area is 174 Å². The van der Waals surface area contributed by atoms with Gasteiger partial charge in [0.25, 0.3) is 0 Å². The van der Waals surface area contributed by atoms with Crippen LogP contribution in [0.25, 0.3) is 0 Å². The maximum Gasteiger partial charge on any atom is 0.249 e. The van der Waals surface area contributed by atoms with E-state index in [1.165, 1.54) is 0 Å². The highest BCUT2D eigenvalue weighted by atomic mass is 16.5. The summed E-state index contributed by atoms with van der Waals surface area (Å²) in [6, 6.07) is 1.10. The summed E-state index contributed by atoms with van der Waals surface area (Å²) in [5, 5.41) is 22.3. The predicted molar refractivity (Wildman–Crippen MR) is 114 cm³/mol. The molecule has 29 heavy (non-hydrogen) atoms. The molecule has 1 aromatic rings. The number of carbonyl (C=O) groups excluding carboxylic acids is 2. The fourth-order valence-electron chi connectivity index (χ4n) is 2.87. The Hall–Kier alpha value is -1.93. The fourth-order valence-corrected chi connectivity index (χ4v) is 2.87. The lowest BCUT2D eigenvalue weighted by atomic mass is 9.95. The molecule has 3 atom stereocenters. The van der Waals surface area contributed by atoms with E-state index in [1.54, 1.807) is 27.9 Å². The first-order valence-electron chi connectivity index (χ1n) is 10.4. The fraction of sp³-hybridized carbons (Fsp3) is 0.762. The largest absolute Gasteiger partial charge is 0.383 e. The number of aromatic amines is 1. The van der Waals surface area contributed by atoms with Gasteiger partial charge in [0.05, 0.1) is 11.3 Å². The molecule has 8 heteroatoms. The molecule has 1 heterocycles. The van der Waals surface area contributed by atoms with Gasteiger partial charge in [-0.3, -0.25) is 14.7 Å². The van der Waals surface area contributed by atoms with Crippen LogP contribution in [0.2, 0.25) is 0 Å². The minimum absolute atomic E-state index is 0.132. The van der Waals surface area contributed by atoms with Gasteiger partial charge < -0.3 is 20.5 Å². The molecule has 0 aliphatic heterocycles. The lowest BCUT2D eigenvalue weighted by molar-refractivity contribution is -0.134. The van der Waals surface area contributed by atoms with Crippen LogP contribution >= 0.6 is 0 Å². The highest BCUT2D eigenvalue weighted by Crippen LogP contribution is 2.25. The van der Waals surface area contributed by atoms with Gasteiger partial charge in [-0.2, -0.15) is 5.10 Å². The predicted octanol–water partition coefficient (Wildman–Crippen LogP) is 2.96. The van der Waals surface area contributed by atoms with Crippen molar-refractivity contribution < 1.29 is 19.4 Å². The normalized spacial score (nSPS) is 15.1. The van der Waals surface area contributed by atoms with Gasteiger partial charge in [0.1, 0.15) is 18.0 Å². The molecule has 0 saturated carbocycles. The second-order valence-electron chi connectivity index (χ2n) is 8.61. The molecule has 0 aliphatic carbocycles. The zero-order valence-corrected chi connectivity index (χ0v) is 18.8. The number of methoxy groups -OCH3 is 1. The molecular formula is C21H38N4O4. The lowest BCUT2D eigenvalue weighted by Crippen LogP contribution is -2.48. The number of amides is 2. The van der Waals surface area contributed by atoms with Crippen molar-refractivity contribution in [1.29, 1.82) is 0 Å². The first-order chi connectivity index (χ1) is 13.5. The molecule has 0 radical (unpaired) electrons. The molecule has 0 spiro atoms. The number of nitrogens with zero attached hydrogens (tertiary/aromatic N) is 1. The maximum absolute atomic E-state index is 12.5. The van der Waals surface area contributed by atoms with Crippen molar-refractivity contribution in [3.63, 3.8) is 0 Å². The molecule has 166 valence electrons. The van der Waals surface area contributed by atoms with Crippen LogP contribution in [0.5, 0.6) is 0 Å². The van der Waals surface area contributed by atoms with Crippen LogP contribution in [0.1, 0.15) is 78.8 Å². The molecule has 0 saturated heterocycles. The molecular weight excluding hydrogens is 372 g/mol. The average molecular weight is 411 g/mol. The first kappa shape index (κ1) is 25.1. The van der Waals surface area contributed by atoms with Crippen LogP contribution in [0.4, 0.5) is 5.82 Å². The van der Waals surface area contributed by atoms with Crippen molar-refractivity contribution in [2.75, 3.05) is 12.4 Å². The Kier molecular flexibility index (Phi) is 9.79. The molecule has 1 aromatic heterocycles. The quantitative estimate of drug-likeness (QED) is 0.423. The van der Waals surface area contributed by atoms with E-state index in [1.807, 2.05) is 6.07 Å². The highest BCUT2D eigenvalue weighted by molar-refractivity contribution is 5.97. The number of H-pyrrole nitrogens is 1. The Morgan fingerprint density at radius 1 is 1.28 bits per heavy atom. The summed E-state index contributed by atoms with van der Waals surface area (Å²) >= 11 is 0. The summed E-state index contributed by atoms with van der Waals surface area (Å²) in [7, 11) is 1.72. The number of nitrogens with one attached hydrogen (secondary N) is 3. The summed E-state index contributed by atoms with van der Waals surface area (Å²) in [6.07, 6.45) is 2.21. The number of aliphatic hydroxyl groups is 1. The van der Waals surface area contributed by atoms with E-state index in [0.29, 0.717) is 12.2 Å². The van der Waals surface area contributed by atoms with Crippen molar-refractivity contribution in [2.24, 2.45) is 5.92 Å². The Morgan fingerprint density at radius 3 is 2.48 bits per heavy atom. The molecule has 8 nitrogen and oxygen atoms in total. The maximum atomic E-state index is 12.5. The van der Waals surface area contributed by atoms with Crippen LogP contribution in [-0.4, -0.2) is 52.0 Å². The van der Waals surface area contributed by atoms with Gasteiger partial charge in [-0.25, -0.2) is 0 Å². The van der Waals surface area contributed by atoms with Crippen molar-refractivity contribution in [1.82, 2.24) is 15.5 Å². The van der Waals surface area contributed by atoms with E-state index in [2.05, 4.69) is 41.6 Å². The number of carbonyl (C=O) groups is 2. The standard InChI is InChI=1S/C21H38N4O4/c1-8-15(22-20(28)18(26)13(2)3)19(27)23-17-12-16(24-25-17)14(4)10-9-11-21(5,6)29-7/h12-15,18,26H,8-11H2,1-7H3,(H,22,28)(H2,23,24,25,27). The third-order valence-corrected chi connectivity index (χ3v) is 5.27. The number of aromatic nitrogens is 2. The van der Waals surface area contributed by atoms with Gasteiger partial charge >= 0.3 is 0 Å². The summed E-state index contributed by atoms with van der Waals surface area (Å²) in [5.74, 6) is -0.373. The van der Waals surface area contributed by atoms with Gasteiger partial charge in [0, 0.05) is 19.1 Å². The van der Waals surface area contributed by atoms with Crippen molar-refractivity contribution >= 4 is 17.6 Å². The zero-order chi connectivity index (χ0) is 22.2. The van der Waals surface area contributed by atoms with Crippen molar-refractivity contribution in [3.05, 3.63) is 11.8 Å². The number of ether oxygens (including phenoxy) is 1. The van der Waals surface area contributed by atoms with E-state index in [9.17, 15) is 14.7 Å². The van der Waals surface area contributed by atoms with Crippen molar-refractivity contribution in [2.45, 2.75) is 90.9 Å². The topological polar surface area (TPSA) is 116 Å². The van der Waals surface area contributed by atoms with Crippen LogP contribution < -0.4 is 10.6 Å². The smallest absolute Gasteiger partial charge is 0.249 e. The van der Waals surface area contributed by atoms with E-state index in [-0.39, 0.29) is 23.3 Å². The van der Waals surface area contributed by atoms with E-state index < -0.39 is 18.1 Å². The van der Waals surface area contributed by atoms with Crippen LogP contribution in [0.3, 0.4) is 0 Å². The summed E-state index contributed by atoms with van der Waals surface area (Å²) in [6.45, 7) is 11.5. The van der Waals surface area contributed by atoms with Crippen LogP contribution in [0.15, 0.2) is 6.07 Å². The second kappa shape index (κ2) is 11.3. The lowest BCUT2D eigenvalue weighted by Gasteiger charge is -2.23. The third-order valence-electron chi connectivity index (χ3n) is 5.27. The van der Waals surface area contributed by atoms with Gasteiger partial charge in [0.15, 0.2) is 0 Å². The molecule has 0 aliphatic rings. The van der Waals surface area contributed by atoms with Gasteiger partial charge in [-0.05, 0) is 45.4 Å². The molecule has 3 unspecified atom stereocenters. The highest BCUT2D eigenvalue weighted by Gasteiger charge is 2.25.